The first-order valence-corrected chi connectivity index (χ1v) is 4.84. The van der Waals surface area contributed by atoms with Gasteiger partial charge in [-0.1, -0.05) is 0 Å². The summed E-state index contributed by atoms with van der Waals surface area (Å²) < 4.78 is 42.7. The smallest absolute Gasteiger partial charge is 0.417 e. The largest absolute Gasteiger partial charge is 0.493 e. The fraction of sp³-hybridized carbons (Fsp3) is 0.364. The Labute approximate surface area is 96.1 Å². The Morgan fingerprint density at radius 2 is 2.06 bits per heavy atom. The summed E-state index contributed by atoms with van der Waals surface area (Å²) in [6, 6.07) is 4.63. The van der Waals surface area contributed by atoms with Gasteiger partial charge in [-0.2, -0.15) is 18.4 Å². The molecule has 0 heterocycles. The van der Waals surface area contributed by atoms with Crippen LogP contribution >= 0.6 is 0 Å². The summed E-state index contributed by atoms with van der Waals surface area (Å²) >= 11 is 0. The zero-order valence-electron chi connectivity index (χ0n) is 8.79. The number of hydrogen-bond acceptors (Lipinski definition) is 3. The molecule has 17 heavy (non-hydrogen) atoms. The fourth-order valence-electron chi connectivity index (χ4n) is 1.20. The van der Waals surface area contributed by atoms with Crippen LogP contribution in [-0.2, 0) is 6.18 Å². The molecule has 0 saturated carbocycles. The lowest BCUT2D eigenvalue weighted by molar-refractivity contribution is -0.137. The molecule has 1 aromatic rings. The molecule has 0 unspecified atom stereocenters. The molecule has 1 rings (SSSR count). The summed E-state index contributed by atoms with van der Waals surface area (Å²) in [7, 11) is 0. The first-order valence-electron chi connectivity index (χ1n) is 4.84. The minimum atomic E-state index is -4.58. The Hall–Kier alpha value is -1.74. The molecule has 0 aromatic heterocycles. The van der Waals surface area contributed by atoms with Gasteiger partial charge in [-0.15, -0.1) is 0 Å². The predicted octanol–water partition coefficient (Wildman–Crippen LogP) is 2.34. The van der Waals surface area contributed by atoms with Gasteiger partial charge >= 0.3 is 6.18 Å². The van der Waals surface area contributed by atoms with Crippen LogP contribution in [0.2, 0.25) is 0 Å². The van der Waals surface area contributed by atoms with Gasteiger partial charge < -0.3 is 9.84 Å². The third-order valence-electron chi connectivity index (χ3n) is 1.99. The lowest BCUT2D eigenvalue weighted by Crippen LogP contribution is -2.09. The van der Waals surface area contributed by atoms with Crippen molar-refractivity contribution in [1.82, 2.24) is 0 Å². The van der Waals surface area contributed by atoms with Crippen LogP contribution in [0.25, 0.3) is 0 Å². The molecule has 1 aromatic carbocycles. The number of ether oxygens (including phenoxy) is 1. The Morgan fingerprint density at radius 3 is 2.59 bits per heavy atom. The van der Waals surface area contributed by atoms with Gasteiger partial charge in [0.1, 0.15) is 5.75 Å². The van der Waals surface area contributed by atoms with Crippen molar-refractivity contribution in [3.8, 4) is 11.8 Å². The maximum Gasteiger partial charge on any atom is 0.417 e. The molecule has 0 aliphatic rings. The lowest BCUT2D eigenvalue weighted by atomic mass is 10.1. The molecule has 0 fully saturated rings. The topological polar surface area (TPSA) is 53.2 Å². The molecule has 0 radical (unpaired) electrons. The maximum absolute atomic E-state index is 12.6. The summed E-state index contributed by atoms with van der Waals surface area (Å²) in [6.07, 6.45) is -4.25. The number of nitrogens with zero attached hydrogens (tertiary/aromatic N) is 1. The zero-order valence-corrected chi connectivity index (χ0v) is 8.79. The molecule has 0 aliphatic carbocycles. The third kappa shape index (κ3) is 3.64. The Morgan fingerprint density at radius 1 is 1.35 bits per heavy atom. The normalized spacial score (nSPS) is 11.0. The number of hydrogen-bond donors (Lipinski definition) is 1. The summed E-state index contributed by atoms with van der Waals surface area (Å²) in [5.74, 6) is 0.0322. The van der Waals surface area contributed by atoms with E-state index < -0.39 is 17.3 Å². The molecule has 1 N–H and O–H groups in total. The molecular formula is C11H10F3NO2. The van der Waals surface area contributed by atoms with Gasteiger partial charge in [-0.05, 0) is 18.2 Å². The lowest BCUT2D eigenvalue weighted by Gasteiger charge is -2.11. The Bertz CT molecular complexity index is 424. The van der Waals surface area contributed by atoms with Crippen LogP contribution in [0.15, 0.2) is 18.2 Å². The first-order chi connectivity index (χ1) is 7.99. The van der Waals surface area contributed by atoms with Crippen LogP contribution in [0.1, 0.15) is 17.5 Å². The molecule has 0 amide bonds. The fourth-order valence-corrected chi connectivity index (χ4v) is 1.20. The number of aliphatic hydroxyl groups excluding tert-OH is 1. The second kappa shape index (κ2) is 5.55. The van der Waals surface area contributed by atoms with Gasteiger partial charge in [0.15, 0.2) is 0 Å². The number of alkyl halides is 3. The zero-order chi connectivity index (χ0) is 12.9. The molecule has 6 heteroatoms. The van der Waals surface area contributed by atoms with E-state index in [1.54, 1.807) is 0 Å². The molecule has 0 atom stereocenters. The highest BCUT2D eigenvalue weighted by molar-refractivity contribution is 5.44. The van der Waals surface area contributed by atoms with Gasteiger partial charge in [0.2, 0.25) is 0 Å². The SMILES string of the molecule is N#Cc1ccc(OCCCO)cc1C(F)(F)F. The Balaban J connectivity index is 2.94. The van der Waals surface area contributed by atoms with E-state index in [-0.39, 0.29) is 19.0 Å². The van der Waals surface area contributed by atoms with Crippen LogP contribution in [0.3, 0.4) is 0 Å². The molecule has 0 saturated heterocycles. The van der Waals surface area contributed by atoms with Crippen molar-refractivity contribution in [3.63, 3.8) is 0 Å². The van der Waals surface area contributed by atoms with Crippen LogP contribution < -0.4 is 4.74 Å². The van der Waals surface area contributed by atoms with Crippen LogP contribution in [-0.4, -0.2) is 18.3 Å². The van der Waals surface area contributed by atoms with E-state index in [0.29, 0.717) is 6.42 Å². The molecule has 0 spiro atoms. The maximum atomic E-state index is 12.6. The molecule has 3 nitrogen and oxygen atoms in total. The van der Waals surface area contributed by atoms with Crippen molar-refractivity contribution >= 4 is 0 Å². The van der Waals surface area contributed by atoms with Gasteiger partial charge in [0, 0.05) is 13.0 Å². The predicted molar refractivity (Wildman–Crippen MR) is 53.4 cm³/mol. The quantitative estimate of drug-likeness (QED) is 0.828. The number of nitriles is 1. The summed E-state index contributed by atoms with van der Waals surface area (Å²) in [5, 5.41) is 17.1. The van der Waals surface area contributed by atoms with Crippen molar-refractivity contribution in [2.24, 2.45) is 0 Å². The van der Waals surface area contributed by atoms with Crippen molar-refractivity contribution in [1.29, 1.82) is 5.26 Å². The van der Waals surface area contributed by atoms with E-state index in [1.807, 2.05) is 0 Å². The van der Waals surface area contributed by atoms with Crippen LogP contribution in [0, 0.1) is 11.3 Å². The second-order valence-electron chi connectivity index (χ2n) is 3.24. The van der Waals surface area contributed by atoms with E-state index in [9.17, 15) is 13.2 Å². The summed E-state index contributed by atoms with van der Waals surface area (Å²) in [6.45, 7) is 0.0299. The molecule has 0 bridgehead atoms. The average Bonchev–Trinajstić information content (AvgIpc) is 2.28. The minimum absolute atomic E-state index is 0.0322. The van der Waals surface area contributed by atoms with E-state index in [1.165, 1.54) is 12.1 Å². The van der Waals surface area contributed by atoms with Crippen LogP contribution in [0.4, 0.5) is 13.2 Å². The first kappa shape index (κ1) is 13.3. The summed E-state index contributed by atoms with van der Waals surface area (Å²) in [4.78, 5) is 0. The van der Waals surface area contributed by atoms with Gasteiger partial charge in [-0.3, -0.25) is 0 Å². The summed E-state index contributed by atoms with van der Waals surface area (Å²) in [5.41, 5.74) is -1.45. The van der Waals surface area contributed by atoms with E-state index in [2.05, 4.69) is 0 Å². The van der Waals surface area contributed by atoms with Gasteiger partial charge in [0.05, 0.1) is 23.8 Å². The average molecular weight is 245 g/mol. The number of benzene rings is 1. The molecular weight excluding hydrogens is 235 g/mol. The van der Waals surface area contributed by atoms with E-state index in [4.69, 9.17) is 15.1 Å². The van der Waals surface area contributed by atoms with Gasteiger partial charge in [-0.25, -0.2) is 0 Å². The standard InChI is InChI=1S/C11H10F3NO2/c12-11(13,14)10-6-9(17-5-1-4-16)3-2-8(10)7-15/h2-3,6,16H,1,4-5H2. The van der Waals surface area contributed by atoms with Crippen molar-refractivity contribution < 1.29 is 23.0 Å². The second-order valence-corrected chi connectivity index (χ2v) is 3.24. The van der Waals surface area contributed by atoms with E-state index >= 15 is 0 Å². The monoisotopic (exact) mass is 245 g/mol. The minimum Gasteiger partial charge on any atom is -0.493 e. The van der Waals surface area contributed by atoms with Gasteiger partial charge in [0.25, 0.3) is 0 Å². The number of halogens is 3. The van der Waals surface area contributed by atoms with Crippen molar-refractivity contribution in [2.45, 2.75) is 12.6 Å². The number of aliphatic hydroxyl groups is 1. The van der Waals surface area contributed by atoms with Crippen molar-refractivity contribution in [2.75, 3.05) is 13.2 Å². The van der Waals surface area contributed by atoms with Crippen molar-refractivity contribution in [3.05, 3.63) is 29.3 Å². The van der Waals surface area contributed by atoms with E-state index in [0.717, 1.165) is 12.1 Å². The highest BCUT2D eigenvalue weighted by atomic mass is 19.4. The third-order valence-corrected chi connectivity index (χ3v) is 1.99. The van der Waals surface area contributed by atoms with Crippen LogP contribution in [0.5, 0.6) is 5.75 Å². The molecule has 92 valence electrons. The highest BCUT2D eigenvalue weighted by Crippen LogP contribution is 2.34. The highest BCUT2D eigenvalue weighted by Gasteiger charge is 2.34. The Kier molecular flexibility index (Phi) is 4.35. The molecule has 0 aliphatic heterocycles. The number of rotatable bonds is 4.